The van der Waals surface area contributed by atoms with Gasteiger partial charge in [-0.1, -0.05) is 0 Å². The van der Waals surface area contributed by atoms with Crippen molar-refractivity contribution in [1.29, 1.82) is 0 Å². The van der Waals surface area contributed by atoms with E-state index in [1.54, 1.807) is 31.4 Å². The Morgan fingerprint density at radius 1 is 1.38 bits per heavy atom. The molecule has 2 rings (SSSR count). The Balaban J connectivity index is 0.00000200. The molecule has 0 aliphatic carbocycles. The molecule has 0 unspecified atom stereocenters. The molecule has 0 aliphatic heterocycles. The Labute approximate surface area is 136 Å². The van der Waals surface area contributed by atoms with Crippen molar-refractivity contribution in [2.75, 3.05) is 6.54 Å². The number of halogens is 2. The quantitative estimate of drug-likeness (QED) is 0.902. The van der Waals surface area contributed by atoms with Crippen molar-refractivity contribution in [3.05, 3.63) is 41.8 Å². The first-order valence-corrected chi connectivity index (χ1v) is 6.14. The molecule has 2 heterocycles. The topological polar surface area (TPSA) is 81.2 Å². The second-order valence-electron chi connectivity index (χ2n) is 4.42. The molecule has 0 aliphatic rings. The summed E-state index contributed by atoms with van der Waals surface area (Å²) in [4.78, 5) is 16.4. The number of aryl methyl sites for hydroxylation is 1. The van der Waals surface area contributed by atoms with Crippen LogP contribution in [-0.2, 0) is 0 Å². The van der Waals surface area contributed by atoms with Crippen LogP contribution in [-0.4, -0.2) is 23.5 Å². The number of amides is 1. The Bertz CT molecular complexity index is 574. The van der Waals surface area contributed by atoms with Crippen LogP contribution in [0.5, 0.6) is 0 Å². The highest BCUT2D eigenvalue weighted by Gasteiger charge is 2.13. The van der Waals surface area contributed by atoms with E-state index in [0.29, 0.717) is 29.3 Å². The van der Waals surface area contributed by atoms with Gasteiger partial charge in [0.15, 0.2) is 5.76 Å². The van der Waals surface area contributed by atoms with E-state index in [-0.39, 0.29) is 36.8 Å². The maximum absolute atomic E-state index is 12.0. The molecule has 0 saturated carbocycles. The summed E-state index contributed by atoms with van der Waals surface area (Å²) in [5, 5.41) is 2.81. The minimum Gasteiger partial charge on any atom is -0.463 e. The molecule has 3 N–H and O–H groups in total. The Morgan fingerprint density at radius 3 is 2.62 bits per heavy atom. The summed E-state index contributed by atoms with van der Waals surface area (Å²) < 4.78 is 5.28. The number of aromatic nitrogens is 1. The molecular weight excluding hydrogens is 313 g/mol. The van der Waals surface area contributed by atoms with E-state index in [9.17, 15) is 4.79 Å². The summed E-state index contributed by atoms with van der Waals surface area (Å²) >= 11 is 0. The van der Waals surface area contributed by atoms with E-state index in [1.807, 2.05) is 13.0 Å². The zero-order valence-corrected chi connectivity index (χ0v) is 13.5. The molecule has 21 heavy (non-hydrogen) atoms. The van der Waals surface area contributed by atoms with Crippen LogP contribution in [0, 0.1) is 6.92 Å². The molecule has 7 heteroatoms. The third kappa shape index (κ3) is 4.74. The highest BCUT2D eigenvalue weighted by Crippen LogP contribution is 2.19. The Kier molecular flexibility index (Phi) is 8.02. The fraction of sp³-hybridized carbons (Fsp3) is 0.286. The average molecular weight is 332 g/mol. The fourth-order valence-electron chi connectivity index (χ4n) is 1.72. The molecule has 0 radical (unpaired) electrons. The van der Waals surface area contributed by atoms with Gasteiger partial charge >= 0.3 is 0 Å². The maximum atomic E-state index is 12.0. The number of hydrogen-bond donors (Lipinski definition) is 2. The SMILES string of the molecule is Cc1nc(-c2ccco2)ccc1C(=O)N[C@@H](C)CN.Cl.Cl. The first kappa shape index (κ1) is 19.4. The molecule has 0 aromatic carbocycles. The van der Waals surface area contributed by atoms with Crippen LogP contribution < -0.4 is 11.1 Å². The standard InChI is InChI=1S/C14H17N3O2.2ClH/c1-9(8-15)16-14(18)11-5-6-12(17-10(11)2)13-4-3-7-19-13;;/h3-7,9H,8,15H2,1-2H3,(H,16,18);2*1H/t9-;;/m0../s1. The van der Waals surface area contributed by atoms with Gasteiger partial charge in [0.2, 0.25) is 0 Å². The predicted molar refractivity (Wildman–Crippen MR) is 87.2 cm³/mol. The first-order chi connectivity index (χ1) is 9.11. The summed E-state index contributed by atoms with van der Waals surface area (Å²) in [5.41, 5.74) is 7.41. The van der Waals surface area contributed by atoms with E-state index < -0.39 is 0 Å². The molecular formula is C14H19Cl2N3O2. The summed E-state index contributed by atoms with van der Waals surface area (Å²) in [6, 6.07) is 7.09. The van der Waals surface area contributed by atoms with Gasteiger partial charge in [0.05, 0.1) is 17.5 Å². The van der Waals surface area contributed by atoms with Crippen molar-refractivity contribution in [3.63, 3.8) is 0 Å². The van der Waals surface area contributed by atoms with Gasteiger partial charge in [0, 0.05) is 12.6 Å². The van der Waals surface area contributed by atoms with Crippen molar-refractivity contribution >= 4 is 30.7 Å². The van der Waals surface area contributed by atoms with Gasteiger partial charge in [0.1, 0.15) is 5.69 Å². The van der Waals surface area contributed by atoms with Crippen LogP contribution in [0.15, 0.2) is 34.9 Å². The van der Waals surface area contributed by atoms with Crippen molar-refractivity contribution < 1.29 is 9.21 Å². The van der Waals surface area contributed by atoms with Gasteiger partial charge in [-0.25, -0.2) is 4.98 Å². The summed E-state index contributed by atoms with van der Waals surface area (Å²) in [6.45, 7) is 4.06. The van der Waals surface area contributed by atoms with E-state index in [4.69, 9.17) is 10.2 Å². The lowest BCUT2D eigenvalue weighted by Gasteiger charge is -2.12. The van der Waals surface area contributed by atoms with Gasteiger partial charge < -0.3 is 15.5 Å². The lowest BCUT2D eigenvalue weighted by molar-refractivity contribution is 0.0940. The second-order valence-corrected chi connectivity index (χ2v) is 4.42. The normalized spacial score (nSPS) is 11.0. The third-order valence-corrected chi connectivity index (χ3v) is 2.84. The number of nitrogens with zero attached hydrogens (tertiary/aromatic N) is 1. The molecule has 1 amide bonds. The van der Waals surface area contributed by atoms with Crippen LogP contribution in [0.3, 0.4) is 0 Å². The smallest absolute Gasteiger partial charge is 0.253 e. The summed E-state index contributed by atoms with van der Waals surface area (Å²) in [5.74, 6) is 0.527. The lowest BCUT2D eigenvalue weighted by atomic mass is 10.1. The molecule has 0 fully saturated rings. The number of pyridine rings is 1. The van der Waals surface area contributed by atoms with Crippen LogP contribution in [0.4, 0.5) is 0 Å². The van der Waals surface area contributed by atoms with Crippen LogP contribution in [0.25, 0.3) is 11.5 Å². The molecule has 1 atom stereocenters. The van der Waals surface area contributed by atoms with Crippen molar-refractivity contribution in [2.24, 2.45) is 5.73 Å². The molecule has 0 spiro atoms. The van der Waals surface area contributed by atoms with Gasteiger partial charge in [-0.05, 0) is 38.1 Å². The minimum atomic E-state index is -0.158. The second kappa shape index (κ2) is 8.67. The summed E-state index contributed by atoms with van der Waals surface area (Å²) in [7, 11) is 0. The number of nitrogens with two attached hydrogens (primary N) is 1. The number of hydrogen-bond acceptors (Lipinski definition) is 4. The van der Waals surface area contributed by atoms with Crippen LogP contribution >= 0.6 is 24.8 Å². The lowest BCUT2D eigenvalue weighted by Crippen LogP contribution is -2.38. The van der Waals surface area contributed by atoms with Crippen LogP contribution in [0.1, 0.15) is 23.0 Å². The van der Waals surface area contributed by atoms with Crippen molar-refractivity contribution in [1.82, 2.24) is 10.3 Å². The molecule has 0 saturated heterocycles. The van der Waals surface area contributed by atoms with Gasteiger partial charge in [-0.3, -0.25) is 4.79 Å². The third-order valence-electron chi connectivity index (χ3n) is 2.84. The predicted octanol–water partition coefficient (Wildman–Crippen LogP) is 2.57. The van der Waals surface area contributed by atoms with Crippen molar-refractivity contribution in [3.8, 4) is 11.5 Å². The molecule has 2 aromatic rings. The van der Waals surface area contributed by atoms with Gasteiger partial charge in [0.25, 0.3) is 5.91 Å². The molecule has 2 aromatic heterocycles. The maximum Gasteiger partial charge on any atom is 0.253 e. The van der Waals surface area contributed by atoms with Crippen molar-refractivity contribution in [2.45, 2.75) is 19.9 Å². The number of rotatable bonds is 4. The highest BCUT2D eigenvalue weighted by atomic mass is 35.5. The minimum absolute atomic E-state index is 0. The number of carbonyl (C=O) groups is 1. The summed E-state index contributed by atoms with van der Waals surface area (Å²) in [6.07, 6.45) is 1.59. The Hall–Kier alpha value is -1.56. The van der Waals surface area contributed by atoms with E-state index in [0.717, 1.165) is 0 Å². The monoisotopic (exact) mass is 331 g/mol. The zero-order chi connectivity index (χ0) is 13.8. The van der Waals surface area contributed by atoms with E-state index in [1.165, 1.54) is 0 Å². The largest absolute Gasteiger partial charge is 0.463 e. The average Bonchev–Trinajstić information content (AvgIpc) is 2.92. The zero-order valence-electron chi connectivity index (χ0n) is 11.8. The molecule has 116 valence electrons. The van der Waals surface area contributed by atoms with E-state index >= 15 is 0 Å². The number of nitrogens with one attached hydrogen (secondary N) is 1. The van der Waals surface area contributed by atoms with Gasteiger partial charge in [-0.2, -0.15) is 0 Å². The molecule has 0 bridgehead atoms. The van der Waals surface area contributed by atoms with Crippen LogP contribution in [0.2, 0.25) is 0 Å². The fourth-order valence-corrected chi connectivity index (χ4v) is 1.72. The molecule has 5 nitrogen and oxygen atoms in total. The highest BCUT2D eigenvalue weighted by molar-refractivity contribution is 5.95. The van der Waals surface area contributed by atoms with Gasteiger partial charge in [-0.15, -0.1) is 24.8 Å². The Morgan fingerprint density at radius 2 is 2.10 bits per heavy atom. The number of furan rings is 1. The first-order valence-electron chi connectivity index (χ1n) is 6.14. The van der Waals surface area contributed by atoms with E-state index in [2.05, 4.69) is 10.3 Å². The number of carbonyl (C=O) groups excluding carboxylic acids is 1.